The second-order valence-electron chi connectivity index (χ2n) is 6.59. The first kappa shape index (κ1) is 18.0. The number of benzene rings is 1. The number of hydrogen-bond acceptors (Lipinski definition) is 3. The molecule has 1 saturated heterocycles. The number of sulfone groups is 1. The van der Waals surface area contributed by atoms with Crippen LogP contribution in [-0.4, -0.2) is 44.3 Å². The molecular formula is C18H27NO3S. The summed E-state index contributed by atoms with van der Waals surface area (Å²) >= 11 is 0. The normalized spacial score (nSPS) is 16.5. The number of carbonyl (C=O) groups is 1. The molecule has 0 radical (unpaired) electrons. The number of carbonyl (C=O) groups excluding carboxylic acids is 1. The molecule has 4 nitrogen and oxygen atoms in total. The second-order valence-corrected chi connectivity index (χ2v) is 8.77. The summed E-state index contributed by atoms with van der Waals surface area (Å²) in [5, 5.41) is 0. The van der Waals surface area contributed by atoms with Crippen molar-refractivity contribution in [2.45, 2.75) is 39.0 Å². The average Bonchev–Trinajstić information content (AvgIpc) is 2.52. The highest BCUT2D eigenvalue weighted by Gasteiger charge is 2.24. The van der Waals surface area contributed by atoms with E-state index in [1.54, 1.807) is 0 Å². The maximum atomic E-state index is 12.3. The van der Waals surface area contributed by atoms with Gasteiger partial charge in [-0.15, -0.1) is 0 Å². The van der Waals surface area contributed by atoms with E-state index >= 15 is 0 Å². The van der Waals surface area contributed by atoms with E-state index in [1.807, 2.05) is 4.90 Å². The van der Waals surface area contributed by atoms with Crippen LogP contribution in [-0.2, 0) is 27.5 Å². The van der Waals surface area contributed by atoms with Crippen LogP contribution >= 0.6 is 0 Å². The highest BCUT2D eigenvalue weighted by molar-refractivity contribution is 7.90. The van der Waals surface area contributed by atoms with Gasteiger partial charge in [0.15, 0.2) is 0 Å². The van der Waals surface area contributed by atoms with Gasteiger partial charge in [-0.3, -0.25) is 4.79 Å². The van der Waals surface area contributed by atoms with Crippen molar-refractivity contribution in [3.05, 3.63) is 35.4 Å². The summed E-state index contributed by atoms with van der Waals surface area (Å²) in [5.74, 6) is 0.636. The van der Waals surface area contributed by atoms with Crippen molar-refractivity contribution in [3.63, 3.8) is 0 Å². The average molecular weight is 337 g/mol. The zero-order valence-corrected chi connectivity index (χ0v) is 14.9. The third kappa shape index (κ3) is 5.98. The first-order chi connectivity index (χ1) is 10.9. The van der Waals surface area contributed by atoms with Crippen LogP contribution < -0.4 is 0 Å². The van der Waals surface area contributed by atoms with Crippen LogP contribution in [0.5, 0.6) is 0 Å². The fourth-order valence-electron chi connectivity index (χ4n) is 3.13. The standard InChI is InChI=1S/C18H27NO3S/c1-3-15-4-6-16(7-5-15)8-9-18(20)19-12-10-17(11-13-19)14-23(2,21)22/h4-7,17H,3,8-14H2,1-2H3. The third-order valence-electron chi connectivity index (χ3n) is 4.56. The van der Waals surface area contributed by atoms with E-state index in [2.05, 4.69) is 31.2 Å². The van der Waals surface area contributed by atoms with Gasteiger partial charge in [-0.1, -0.05) is 31.2 Å². The number of hydrogen-bond donors (Lipinski definition) is 0. The first-order valence-corrected chi connectivity index (χ1v) is 10.5. The molecule has 1 aliphatic rings. The molecule has 1 fully saturated rings. The topological polar surface area (TPSA) is 54.5 Å². The van der Waals surface area contributed by atoms with Crippen LogP contribution in [0.4, 0.5) is 0 Å². The maximum absolute atomic E-state index is 12.3. The smallest absolute Gasteiger partial charge is 0.222 e. The van der Waals surface area contributed by atoms with Gasteiger partial charge in [0.05, 0.1) is 5.75 Å². The monoisotopic (exact) mass is 337 g/mol. The van der Waals surface area contributed by atoms with E-state index in [9.17, 15) is 13.2 Å². The Hall–Kier alpha value is -1.36. The zero-order chi connectivity index (χ0) is 16.9. The Morgan fingerprint density at radius 3 is 2.22 bits per heavy atom. The number of piperidine rings is 1. The number of nitrogens with zero attached hydrogens (tertiary/aromatic N) is 1. The van der Waals surface area contributed by atoms with Gasteiger partial charge in [-0.2, -0.15) is 0 Å². The van der Waals surface area contributed by atoms with Crippen molar-refractivity contribution in [1.29, 1.82) is 0 Å². The minimum atomic E-state index is -2.92. The Labute approximate surface area is 139 Å². The van der Waals surface area contributed by atoms with Gasteiger partial charge in [0, 0.05) is 25.8 Å². The Morgan fingerprint density at radius 2 is 1.70 bits per heavy atom. The van der Waals surface area contributed by atoms with Crippen molar-refractivity contribution < 1.29 is 13.2 Å². The molecule has 0 atom stereocenters. The van der Waals surface area contributed by atoms with Gasteiger partial charge in [0.25, 0.3) is 0 Å². The minimum Gasteiger partial charge on any atom is -0.343 e. The van der Waals surface area contributed by atoms with Crippen LogP contribution in [0, 0.1) is 5.92 Å². The van der Waals surface area contributed by atoms with E-state index in [0.29, 0.717) is 19.5 Å². The number of amides is 1. The molecule has 23 heavy (non-hydrogen) atoms. The fourth-order valence-corrected chi connectivity index (χ4v) is 4.32. The van der Waals surface area contributed by atoms with Crippen molar-refractivity contribution in [1.82, 2.24) is 4.90 Å². The first-order valence-electron chi connectivity index (χ1n) is 8.40. The Morgan fingerprint density at radius 1 is 1.13 bits per heavy atom. The maximum Gasteiger partial charge on any atom is 0.222 e. The van der Waals surface area contributed by atoms with Crippen LogP contribution in [0.1, 0.15) is 37.3 Å². The summed E-state index contributed by atoms with van der Waals surface area (Å²) in [6.07, 6.45) is 5.21. The number of likely N-dealkylation sites (tertiary alicyclic amines) is 1. The highest BCUT2D eigenvalue weighted by Crippen LogP contribution is 2.20. The lowest BCUT2D eigenvalue weighted by molar-refractivity contribution is -0.132. The predicted molar refractivity (Wildman–Crippen MR) is 93.2 cm³/mol. The Balaban J connectivity index is 1.76. The molecular weight excluding hydrogens is 310 g/mol. The van der Waals surface area contributed by atoms with E-state index in [0.717, 1.165) is 25.7 Å². The summed E-state index contributed by atoms with van der Waals surface area (Å²) in [5.41, 5.74) is 2.51. The summed E-state index contributed by atoms with van der Waals surface area (Å²) < 4.78 is 22.7. The van der Waals surface area contributed by atoms with E-state index in [4.69, 9.17) is 0 Å². The Kier molecular flexibility index (Phi) is 6.22. The van der Waals surface area contributed by atoms with Gasteiger partial charge in [0.2, 0.25) is 5.91 Å². The van der Waals surface area contributed by atoms with E-state index in [1.165, 1.54) is 17.4 Å². The molecule has 1 amide bonds. The third-order valence-corrected chi connectivity index (χ3v) is 5.64. The summed E-state index contributed by atoms with van der Waals surface area (Å²) in [6.45, 7) is 3.51. The molecule has 0 aliphatic carbocycles. The predicted octanol–water partition coefficient (Wildman–Crippen LogP) is 2.46. The van der Waals surface area contributed by atoms with Gasteiger partial charge >= 0.3 is 0 Å². The van der Waals surface area contributed by atoms with Crippen LogP contribution in [0.2, 0.25) is 0 Å². The molecule has 0 N–H and O–H groups in total. The molecule has 1 aromatic rings. The van der Waals surface area contributed by atoms with Crippen molar-refractivity contribution in [2.75, 3.05) is 25.1 Å². The SMILES string of the molecule is CCc1ccc(CCC(=O)N2CCC(CS(C)(=O)=O)CC2)cc1. The number of aryl methyl sites for hydroxylation is 2. The molecule has 0 bridgehead atoms. The molecule has 0 spiro atoms. The van der Waals surface area contributed by atoms with Crippen LogP contribution in [0.3, 0.4) is 0 Å². The van der Waals surface area contributed by atoms with Gasteiger partial charge in [-0.25, -0.2) is 8.42 Å². The molecule has 0 saturated carbocycles. The van der Waals surface area contributed by atoms with Gasteiger partial charge in [0.1, 0.15) is 9.84 Å². The van der Waals surface area contributed by atoms with Crippen molar-refractivity contribution in [3.8, 4) is 0 Å². The van der Waals surface area contributed by atoms with Crippen molar-refractivity contribution >= 4 is 15.7 Å². The quantitative estimate of drug-likeness (QED) is 0.801. The molecule has 1 aromatic carbocycles. The van der Waals surface area contributed by atoms with Gasteiger partial charge < -0.3 is 4.90 Å². The van der Waals surface area contributed by atoms with Crippen molar-refractivity contribution in [2.24, 2.45) is 5.92 Å². The lowest BCUT2D eigenvalue weighted by Crippen LogP contribution is -2.39. The summed E-state index contributed by atoms with van der Waals surface area (Å²) in [6, 6.07) is 8.45. The van der Waals surface area contributed by atoms with E-state index in [-0.39, 0.29) is 17.6 Å². The Bertz CT molecular complexity index is 614. The minimum absolute atomic E-state index is 0.183. The molecule has 2 rings (SSSR count). The lowest BCUT2D eigenvalue weighted by Gasteiger charge is -2.31. The van der Waals surface area contributed by atoms with Crippen LogP contribution in [0.25, 0.3) is 0 Å². The zero-order valence-electron chi connectivity index (χ0n) is 14.1. The number of rotatable bonds is 6. The molecule has 1 heterocycles. The van der Waals surface area contributed by atoms with E-state index < -0.39 is 9.84 Å². The molecule has 1 aliphatic heterocycles. The molecule has 0 aromatic heterocycles. The van der Waals surface area contributed by atoms with Gasteiger partial charge in [-0.05, 0) is 42.7 Å². The molecule has 0 unspecified atom stereocenters. The lowest BCUT2D eigenvalue weighted by atomic mass is 9.98. The molecule has 128 valence electrons. The highest BCUT2D eigenvalue weighted by atomic mass is 32.2. The fraction of sp³-hybridized carbons (Fsp3) is 0.611. The largest absolute Gasteiger partial charge is 0.343 e. The molecule has 5 heteroatoms. The summed E-state index contributed by atoms with van der Waals surface area (Å²) in [4.78, 5) is 14.2. The second kappa shape index (κ2) is 7.95. The van der Waals surface area contributed by atoms with Crippen LogP contribution in [0.15, 0.2) is 24.3 Å². The summed E-state index contributed by atoms with van der Waals surface area (Å²) in [7, 11) is -2.92.